The van der Waals surface area contributed by atoms with Gasteiger partial charge < -0.3 is 14.2 Å². The van der Waals surface area contributed by atoms with Crippen LogP contribution in [0.3, 0.4) is 0 Å². The third-order valence-electron chi connectivity index (χ3n) is 4.24. The van der Waals surface area contributed by atoms with Crippen molar-refractivity contribution < 1.29 is 19.0 Å². The first-order valence-electron chi connectivity index (χ1n) is 9.54. The van der Waals surface area contributed by atoms with Gasteiger partial charge in [0.05, 0.1) is 13.3 Å². The van der Waals surface area contributed by atoms with E-state index in [9.17, 15) is 4.79 Å². The highest BCUT2D eigenvalue weighted by Crippen LogP contribution is 2.20. The lowest BCUT2D eigenvalue weighted by Gasteiger charge is -2.13. The Morgan fingerprint density at radius 2 is 1.70 bits per heavy atom. The number of hydrogen-bond acceptors (Lipinski definition) is 5. The molecule has 0 aromatic heterocycles. The highest BCUT2D eigenvalue weighted by molar-refractivity contribution is 5.84. The predicted octanol–water partition coefficient (Wildman–Crippen LogP) is 4.19. The van der Waals surface area contributed by atoms with Gasteiger partial charge in [0.2, 0.25) is 0 Å². The smallest absolute Gasteiger partial charge is 0.280 e. The normalized spacial score (nSPS) is 11.7. The summed E-state index contributed by atoms with van der Waals surface area (Å²) in [6.45, 7) is 2.17. The van der Waals surface area contributed by atoms with Gasteiger partial charge in [-0.15, -0.1) is 0 Å². The molecule has 0 saturated heterocycles. The zero-order chi connectivity index (χ0) is 21.2. The van der Waals surface area contributed by atoms with Crippen molar-refractivity contribution in [2.24, 2.45) is 5.10 Å². The number of carbonyl (C=O) groups excluding carboxylic acids is 1. The van der Waals surface area contributed by atoms with Gasteiger partial charge in [-0.05, 0) is 54.4 Å². The molecule has 0 saturated carbocycles. The van der Waals surface area contributed by atoms with Crippen LogP contribution in [-0.2, 0) is 11.4 Å². The minimum Gasteiger partial charge on any atom is -0.497 e. The largest absolute Gasteiger partial charge is 0.497 e. The Kier molecular flexibility index (Phi) is 7.44. The van der Waals surface area contributed by atoms with Gasteiger partial charge in [0.15, 0.2) is 6.10 Å². The first-order chi connectivity index (χ1) is 14.6. The van der Waals surface area contributed by atoms with E-state index in [1.165, 1.54) is 0 Å². The van der Waals surface area contributed by atoms with Gasteiger partial charge in [-0.2, -0.15) is 5.10 Å². The van der Waals surface area contributed by atoms with Gasteiger partial charge in [0, 0.05) is 6.07 Å². The first kappa shape index (κ1) is 20.9. The predicted molar refractivity (Wildman–Crippen MR) is 116 cm³/mol. The first-order valence-corrected chi connectivity index (χ1v) is 9.54. The Morgan fingerprint density at radius 3 is 2.43 bits per heavy atom. The van der Waals surface area contributed by atoms with E-state index in [-0.39, 0.29) is 5.91 Å². The average Bonchev–Trinajstić information content (AvgIpc) is 2.79. The molecular formula is C24H24N2O4. The van der Waals surface area contributed by atoms with Gasteiger partial charge >= 0.3 is 0 Å². The Hall–Kier alpha value is -3.80. The summed E-state index contributed by atoms with van der Waals surface area (Å²) in [5.41, 5.74) is 4.43. The van der Waals surface area contributed by atoms with Crippen LogP contribution < -0.4 is 19.6 Å². The fourth-order valence-corrected chi connectivity index (χ4v) is 2.58. The maximum atomic E-state index is 12.2. The number of methoxy groups -OCH3 is 1. The Labute approximate surface area is 176 Å². The quantitative estimate of drug-likeness (QED) is 0.429. The number of ether oxygens (including phenoxy) is 3. The minimum absolute atomic E-state index is 0.350. The van der Waals surface area contributed by atoms with Crippen LogP contribution in [-0.4, -0.2) is 25.3 Å². The summed E-state index contributed by atoms with van der Waals surface area (Å²) in [6, 6.07) is 24.5. The summed E-state index contributed by atoms with van der Waals surface area (Å²) in [4.78, 5) is 12.2. The molecule has 0 bridgehead atoms. The summed E-state index contributed by atoms with van der Waals surface area (Å²) < 4.78 is 16.5. The number of hydrazone groups is 1. The highest BCUT2D eigenvalue weighted by Gasteiger charge is 2.14. The van der Waals surface area contributed by atoms with E-state index in [1.54, 1.807) is 44.5 Å². The molecule has 0 fully saturated rings. The lowest BCUT2D eigenvalue weighted by molar-refractivity contribution is -0.127. The summed E-state index contributed by atoms with van der Waals surface area (Å²) in [5, 5.41) is 3.99. The van der Waals surface area contributed by atoms with Gasteiger partial charge in [0.1, 0.15) is 23.9 Å². The second-order valence-corrected chi connectivity index (χ2v) is 6.52. The van der Waals surface area contributed by atoms with Gasteiger partial charge in [-0.1, -0.05) is 36.4 Å². The van der Waals surface area contributed by atoms with Gasteiger partial charge in [-0.3, -0.25) is 4.79 Å². The number of nitrogens with zero attached hydrogens (tertiary/aromatic N) is 1. The third-order valence-corrected chi connectivity index (χ3v) is 4.24. The summed E-state index contributed by atoms with van der Waals surface area (Å²) in [7, 11) is 1.58. The number of rotatable bonds is 9. The SMILES string of the molecule is COc1cccc(OC(C)C(=O)N/N=C/c2ccc(OCc3ccccc3)cc2)c1. The molecule has 0 aliphatic rings. The molecule has 1 N–H and O–H groups in total. The fraction of sp³-hybridized carbons (Fsp3) is 0.167. The summed E-state index contributed by atoms with van der Waals surface area (Å²) >= 11 is 0. The number of nitrogens with one attached hydrogen (secondary N) is 1. The van der Waals surface area contributed by atoms with Crippen LogP contribution in [0.2, 0.25) is 0 Å². The van der Waals surface area contributed by atoms with Crippen LogP contribution in [0.15, 0.2) is 84.0 Å². The highest BCUT2D eigenvalue weighted by atomic mass is 16.5. The molecule has 0 radical (unpaired) electrons. The molecule has 1 unspecified atom stereocenters. The number of carbonyl (C=O) groups is 1. The molecule has 30 heavy (non-hydrogen) atoms. The third kappa shape index (κ3) is 6.38. The van der Waals surface area contributed by atoms with Crippen molar-refractivity contribution in [2.75, 3.05) is 7.11 Å². The maximum absolute atomic E-state index is 12.2. The molecule has 3 rings (SSSR count). The van der Waals surface area contributed by atoms with E-state index >= 15 is 0 Å². The van der Waals surface area contributed by atoms with E-state index in [0.717, 1.165) is 16.9 Å². The van der Waals surface area contributed by atoms with Crippen LogP contribution in [0, 0.1) is 0 Å². The van der Waals surface area contributed by atoms with Crippen LogP contribution in [0.25, 0.3) is 0 Å². The molecule has 1 amide bonds. The average molecular weight is 404 g/mol. The molecule has 1 atom stereocenters. The lowest BCUT2D eigenvalue weighted by atomic mass is 10.2. The van der Waals surface area contributed by atoms with Crippen molar-refractivity contribution in [3.05, 3.63) is 90.0 Å². The molecule has 6 nitrogen and oxygen atoms in total. The van der Waals surface area contributed by atoms with Crippen LogP contribution in [0.4, 0.5) is 0 Å². The van der Waals surface area contributed by atoms with Crippen molar-refractivity contribution in [1.29, 1.82) is 0 Å². The minimum atomic E-state index is -0.706. The topological polar surface area (TPSA) is 69.2 Å². The second kappa shape index (κ2) is 10.7. The van der Waals surface area contributed by atoms with Crippen molar-refractivity contribution in [1.82, 2.24) is 5.43 Å². The van der Waals surface area contributed by atoms with Crippen LogP contribution in [0.5, 0.6) is 17.2 Å². The van der Waals surface area contributed by atoms with Crippen LogP contribution in [0.1, 0.15) is 18.1 Å². The molecule has 3 aromatic carbocycles. The zero-order valence-corrected chi connectivity index (χ0v) is 16.9. The van der Waals surface area contributed by atoms with Crippen molar-refractivity contribution >= 4 is 12.1 Å². The van der Waals surface area contributed by atoms with E-state index < -0.39 is 6.10 Å². The zero-order valence-electron chi connectivity index (χ0n) is 16.9. The Morgan fingerprint density at radius 1 is 0.967 bits per heavy atom. The summed E-state index contributed by atoms with van der Waals surface area (Å²) in [6.07, 6.45) is 0.861. The molecule has 3 aromatic rings. The van der Waals surface area contributed by atoms with Crippen molar-refractivity contribution in [2.45, 2.75) is 19.6 Å². The maximum Gasteiger partial charge on any atom is 0.280 e. The molecule has 154 valence electrons. The molecular weight excluding hydrogens is 380 g/mol. The number of benzene rings is 3. The monoisotopic (exact) mass is 404 g/mol. The molecule has 0 aliphatic heterocycles. The number of hydrogen-bond donors (Lipinski definition) is 1. The van der Waals surface area contributed by atoms with Crippen molar-refractivity contribution in [3.63, 3.8) is 0 Å². The lowest BCUT2D eigenvalue weighted by Crippen LogP contribution is -2.33. The second-order valence-electron chi connectivity index (χ2n) is 6.52. The fourth-order valence-electron chi connectivity index (χ4n) is 2.58. The summed E-state index contributed by atoms with van der Waals surface area (Å²) in [5.74, 6) is 1.62. The van der Waals surface area contributed by atoms with E-state index in [0.29, 0.717) is 18.1 Å². The van der Waals surface area contributed by atoms with E-state index in [1.807, 2.05) is 54.6 Å². The standard InChI is InChI=1S/C24H24N2O4/c1-18(30-23-10-6-9-22(15-23)28-2)24(27)26-25-16-19-11-13-21(14-12-19)29-17-20-7-4-3-5-8-20/h3-16,18H,17H2,1-2H3,(H,26,27)/b25-16+. The van der Waals surface area contributed by atoms with Crippen molar-refractivity contribution in [3.8, 4) is 17.2 Å². The van der Waals surface area contributed by atoms with Gasteiger partial charge in [0.25, 0.3) is 5.91 Å². The van der Waals surface area contributed by atoms with Crippen LogP contribution >= 0.6 is 0 Å². The Balaban J connectivity index is 1.46. The van der Waals surface area contributed by atoms with E-state index in [4.69, 9.17) is 14.2 Å². The number of amides is 1. The molecule has 0 spiro atoms. The molecule has 0 aliphatic carbocycles. The van der Waals surface area contributed by atoms with E-state index in [2.05, 4.69) is 10.5 Å². The Bertz CT molecular complexity index is 972. The molecule has 6 heteroatoms. The van der Waals surface area contributed by atoms with Gasteiger partial charge in [-0.25, -0.2) is 5.43 Å². The molecule has 0 heterocycles.